The summed E-state index contributed by atoms with van der Waals surface area (Å²) in [4.78, 5) is 22.7. The molecule has 0 saturated carbocycles. The lowest BCUT2D eigenvalue weighted by Gasteiger charge is -2.22. The Morgan fingerprint density at radius 2 is 2.13 bits per heavy atom. The van der Waals surface area contributed by atoms with Gasteiger partial charge in [0, 0.05) is 0 Å². The Labute approximate surface area is 88.4 Å². The van der Waals surface area contributed by atoms with Crippen molar-refractivity contribution in [2.75, 3.05) is 0 Å². The third kappa shape index (κ3) is 1.63. The third-order valence-electron chi connectivity index (χ3n) is 2.09. The van der Waals surface area contributed by atoms with E-state index in [1.807, 2.05) is 0 Å². The maximum Gasteiger partial charge on any atom is 0.333 e. The Kier molecular flexibility index (Phi) is 2.47. The average molecular weight is 225 g/mol. The van der Waals surface area contributed by atoms with E-state index < -0.39 is 29.2 Å². The van der Waals surface area contributed by atoms with Crippen molar-refractivity contribution in [2.45, 2.75) is 10.9 Å². The zero-order valence-electron chi connectivity index (χ0n) is 7.47. The molecule has 0 radical (unpaired) electrons. The van der Waals surface area contributed by atoms with Gasteiger partial charge in [0.25, 0.3) is 0 Å². The number of carboxylic acid groups (broad SMARTS) is 1. The second kappa shape index (κ2) is 3.65. The maximum absolute atomic E-state index is 11.6. The van der Waals surface area contributed by atoms with Gasteiger partial charge >= 0.3 is 5.97 Å². The van der Waals surface area contributed by atoms with Crippen molar-refractivity contribution in [3.63, 3.8) is 0 Å². The molecule has 0 bridgehead atoms. The van der Waals surface area contributed by atoms with Gasteiger partial charge in [0.05, 0.1) is 16.9 Å². The monoisotopic (exact) mass is 225 g/mol. The molecule has 0 aromatic heterocycles. The van der Waals surface area contributed by atoms with E-state index in [4.69, 9.17) is 5.11 Å². The van der Waals surface area contributed by atoms with Gasteiger partial charge in [0.2, 0.25) is 11.8 Å². The standard InChI is InChI=1S/C9H7NO4S/c11-8-5-3-1-2-4-6(5)15(14)10-7(8)9(12)13/h1-4,7,10H,(H,12,13). The summed E-state index contributed by atoms with van der Waals surface area (Å²) in [7, 11) is 0. The van der Waals surface area contributed by atoms with Crippen LogP contribution in [0.25, 0.3) is 0 Å². The van der Waals surface area contributed by atoms with Crippen LogP contribution in [-0.2, 0) is 16.2 Å². The first kappa shape index (κ1) is 10.2. The fourth-order valence-electron chi connectivity index (χ4n) is 1.37. The lowest BCUT2D eigenvalue weighted by molar-refractivity contribution is -0.137. The first-order valence-electron chi connectivity index (χ1n) is 4.15. The fourth-order valence-corrected chi connectivity index (χ4v) is 2.49. The molecule has 1 aromatic rings. The van der Waals surface area contributed by atoms with Gasteiger partial charge < -0.3 is 9.66 Å². The van der Waals surface area contributed by atoms with Crippen molar-refractivity contribution in [3.05, 3.63) is 29.8 Å². The summed E-state index contributed by atoms with van der Waals surface area (Å²) in [5.74, 6) is -1.87. The van der Waals surface area contributed by atoms with Crippen LogP contribution in [0.2, 0.25) is 0 Å². The van der Waals surface area contributed by atoms with Crippen molar-refractivity contribution in [1.29, 1.82) is 0 Å². The van der Waals surface area contributed by atoms with Crippen LogP contribution in [0.4, 0.5) is 0 Å². The van der Waals surface area contributed by atoms with Crippen molar-refractivity contribution in [1.82, 2.24) is 4.72 Å². The number of ketones is 1. The molecule has 78 valence electrons. The van der Waals surface area contributed by atoms with Crippen LogP contribution >= 0.6 is 0 Å². The van der Waals surface area contributed by atoms with Gasteiger partial charge in [-0.1, -0.05) is 12.1 Å². The van der Waals surface area contributed by atoms with Gasteiger partial charge in [0.15, 0.2) is 4.90 Å². The topological polar surface area (TPSA) is 89.5 Å². The number of hydrogen-bond donors (Lipinski definition) is 2. The van der Waals surface area contributed by atoms with Crippen molar-refractivity contribution in [3.8, 4) is 0 Å². The van der Waals surface area contributed by atoms with Crippen LogP contribution in [0.15, 0.2) is 29.2 Å². The zero-order chi connectivity index (χ0) is 11.0. The Bertz CT molecular complexity index is 434. The maximum atomic E-state index is 11.6. The van der Waals surface area contributed by atoms with E-state index in [0.717, 1.165) is 0 Å². The summed E-state index contributed by atoms with van der Waals surface area (Å²) in [5.41, 5.74) is 0.210. The zero-order valence-corrected chi connectivity index (χ0v) is 8.28. The number of Topliss-reactive ketones (excluding diaryl/α,β-unsaturated/α-hetero) is 1. The summed E-state index contributed by atoms with van der Waals surface area (Å²) in [6.07, 6.45) is 0. The lowest BCUT2D eigenvalue weighted by Crippen LogP contribution is -2.50. The minimum absolute atomic E-state index is 0.210. The molecular formula is C9H7NO4S. The number of aliphatic carboxylic acids is 1. The van der Waals surface area contributed by atoms with Crippen molar-refractivity contribution < 1.29 is 19.2 Å². The summed E-state index contributed by atoms with van der Waals surface area (Å²) in [6.45, 7) is 0. The van der Waals surface area contributed by atoms with E-state index in [2.05, 4.69) is 4.72 Å². The summed E-state index contributed by atoms with van der Waals surface area (Å²) < 4.78 is 13.8. The number of carbonyl (C=O) groups excluding carboxylic acids is 1. The Balaban J connectivity index is 2.49. The average Bonchev–Trinajstić information content (AvgIpc) is 2.23. The number of hydrogen-bond acceptors (Lipinski definition) is 4. The predicted molar refractivity (Wildman–Crippen MR) is 51.7 cm³/mol. The van der Waals surface area contributed by atoms with Gasteiger partial charge in [-0.15, -0.1) is 4.72 Å². The highest BCUT2D eigenvalue weighted by Gasteiger charge is 2.40. The molecule has 0 fully saturated rings. The molecule has 0 aliphatic carbocycles. The largest absolute Gasteiger partial charge is 0.593 e. The highest BCUT2D eigenvalue weighted by atomic mass is 32.2. The molecule has 1 aliphatic heterocycles. The smallest absolute Gasteiger partial charge is 0.333 e. The second-order valence-electron chi connectivity index (χ2n) is 3.02. The van der Waals surface area contributed by atoms with E-state index >= 15 is 0 Å². The number of nitrogens with one attached hydrogen (secondary N) is 1. The summed E-state index contributed by atoms with van der Waals surface area (Å²) in [5, 5.41) is 8.73. The van der Waals surface area contributed by atoms with Gasteiger partial charge in [-0.2, -0.15) is 0 Å². The summed E-state index contributed by atoms with van der Waals surface area (Å²) >= 11 is -1.64. The molecule has 2 N–H and O–H groups in total. The third-order valence-corrected chi connectivity index (χ3v) is 3.29. The molecule has 1 heterocycles. The molecule has 2 unspecified atom stereocenters. The minimum Gasteiger partial charge on any atom is -0.593 e. The van der Waals surface area contributed by atoms with E-state index in [9.17, 15) is 14.1 Å². The molecule has 0 spiro atoms. The number of carbonyl (C=O) groups is 2. The highest BCUT2D eigenvalue weighted by Crippen LogP contribution is 2.22. The molecule has 1 aliphatic rings. The molecule has 6 heteroatoms. The Morgan fingerprint density at radius 3 is 2.80 bits per heavy atom. The normalized spacial score (nSPS) is 24.7. The lowest BCUT2D eigenvalue weighted by atomic mass is 10.0. The van der Waals surface area contributed by atoms with E-state index in [-0.39, 0.29) is 5.56 Å². The van der Waals surface area contributed by atoms with Crippen LogP contribution in [-0.4, -0.2) is 27.5 Å². The molecule has 2 rings (SSSR count). The van der Waals surface area contributed by atoms with Crippen molar-refractivity contribution >= 4 is 23.1 Å². The number of carboxylic acids is 1. The molecule has 1 aromatic carbocycles. The van der Waals surface area contributed by atoms with E-state index in [1.54, 1.807) is 12.1 Å². The number of fused-ring (bicyclic) bond motifs is 1. The van der Waals surface area contributed by atoms with Crippen molar-refractivity contribution in [2.24, 2.45) is 0 Å². The van der Waals surface area contributed by atoms with Gasteiger partial charge in [0.1, 0.15) is 0 Å². The van der Waals surface area contributed by atoms with Crippen LogP contribution < -0.4 is 4.72 Å². The molecular weight excluding hydrogens is 218 g/mol. The van der Waals surface area contributed by atoms with E-state index in [0.29, 0.717) is 4.90 Å². The summed E-state index contributed by atoms with van der Waals surface area (Å²) in [6, 6.07) is 4.85. The van der Waals surface area contributed by atoms with Gasteiger partial charge in [-0.25, -0.2) is 4.79 Å². The Hall–Kier alpha value is -1.37. The number of rotatable bonds is 1. The molecule has 15 heavy (non-hydrogen) atoms. The van der Waals surface area contributed by atoms with Gasteiger partial charge in [-0.3, -0.25) is 4.79 Å². The minimum atomic E-state index is -1.64. The molecule has 0 saturated heterocycles. The van der Waals surface area contributed by atoms with E-state index in [1.165, 1.54) is 12.1 Å². The van der Waals surface area contributed by atoms with Gasteiger partial charge in [-0.05, 0) is 12.1 Å². The highest BCUT2D eigenvalue weighted by molar-refractivity contribution is 7.89. The number of benzene rings is 1. The second-order valence-corrected chi connectivity index (χ2v) is 4.23. The Morgan fingerprint density at radius 1 is 1.47 bits per heavy atom. The van der Waals surface area contributed by atoms with Crippen LogP contribution in [0.1, 0.15) is 10.4 Å². The van der Waals surface area contributed by atoms with Crippen LogP contribution in [0.3, 0.4) is 0 Å². The van der Waals surface area contributed by atoms with Crippen LogP contribution in [0, 0.1) is 0 Å². The SMILES string of the molecule is O=C(O)C1N[S+]([O-])c2ccccc2C1=O. The first-order chi connectivity index (χ1) is 7.11. The predicted octanol–water partition coefficient (Wildman–Crippen LogP) is -0.0517. The molecule has 5 nitrogen and oxygen atoms in total. The quantitative estimate of drug-likeness (QED) is 0.516. The molecule has 2 atom stereocenters. The first-order valence-corrected chi connectivity index (χ1v) is 5.30. The molecule has 0 amide bonds. The van der Waals surface area contributed by atoms with Crippen LogP contribution in [0.5, 0.6) is 0 Å². The fraction of sp³-hybridized carbons (Fsp3) is 0.111.